The SMILES string of the molecule is CC(C)(COC(=O)c1ccccc1)NCl. The van der Waals surface area contributed by atoms with Crippen LogP contribution in [0.15, 0.2) is 30.3 Å². The van der Waals surface area contributed by atoms with Crippen LogP contribution in [0.2, 0.25) is 0 Å². The molecule has 0 fully saturated rings. The number of rotatable bonds is 4. The maximum Gasteiger partial charge on any atom is 0.338 e. The van der Waals surface area contributed by atoms with Crippen LogP contribution in [0.4, 0.5) is 0 Å². The molecule has 4 heteroatoms. The fourth-order valence-corrected chi connectivity index (χ4v) is 0.985. The third kappa shape index (κ3) is 3.90. The Balaban J connectivity index is 2.51. The van der Waals surface area contributed by atoms with Crippen LogP contribution in [-0.4, -0.2) is 18.1 Å². The normalized spacial score (nSPS) is 11.1. The molecule has 0 amide bonds. The van der Waals surface area contributed by atoms with Crippen molar-refractivity contribution >= 4 is 17.7 Å². The van der Waals surface area contributed by atoms with E-state index in [2.05, 4.69) is 4.84 Å². The molecule has 0 aliphatic carbocycles. The minimum absolute atomic E-state index is 0.226. The van der Waals surface area contributed by atoms with E-state index in [1.807, 2.05) is 19.9 Å². The van der Waals surface area contributed by atoms with Crippen molar-refractivity contribution in [1.82, 2.24) is 4.84 Å². The summed E-state index contributed by atoms with van der Waals surface area (Å²) in [5.74, 6) is -0.337. The maximum atomic E-state index is 11.5. The van der Waals surface area contributed by atoms with Gasteiger partial charge in [0.05, 0.1) is 11.1 Å². The van der Waals surface area contributed by atoms with Gasteiger partial charge in [0.2, 0.25) is 0 Å². The van der Waals surface area contributed by atoms with Gasteiger partial charge in [-0.05, 0) is 37.8 Å². The van der Waals surface area contributed by atoms with Crippen LogP contribution >= 0.6 is 11.8 Å². The fraction of sp³-hybridized carbons (Fsp3) is 0.364. The molecule has 0 unspecified atom stereocenters. The van der Waals surface area contributed by atoms with E-state index >= 15 is 0 Å². The van der Waals surface area contributed by atoms with Crippen molar-refractivity contribution in [2.75, 3.05) is 6.61 Å². The van der Waals surface area contributed by atoms with Crippen molar-refractivity contribution in [3.05, 3.63) is 35.9 Å². The van der Waals surface area contributed by atoms with E-state index in [0.29, 0.717) is 5.56 Å². The topological polar surface area (TPSA) is 38.3 Å². The lowest BCUT2D eigenvalue weighted by Crippen LogP contribution is -2.38. The molecule has 3 nitrogen and oxygen atoms in total. The van der Waals surface area contributed by atoms with Gasteiger partial charge in [-0.2, -0.15) is 0 Å². The molecule has 0 aliphatic rings. The number of esters is 1. The van der Waals surface area contributed by atoms with Crippen molar-refractivity contribution < 1.29 is 9.53 Å². The monoisotopic (exact) mass is 227 g/mol. The van der Waals surface area contributed by atoms with E-state index in [-0.39, 0.29) is 12.6 Å². The highest BCUT2D eigenvalue weighted by molar-refractivity contribution is 6.13. The molecular formula is C11H14ClNO2. The highest BCUT2D eigenvalue weighted by atomic mass is 35.5. The zero-order valence-electron chi connectivity index (χ0n) is 8.79. The fourth-order valence-electron chi connectivity index (χ4n) is 0.931. The predicted molar refractivity (Wildman–Crippen MR) is 59.8 cm³/mol. The molecule has 0 atom stereocenters. The van der Waals surface area contributed by atoms with Gasteiger partial charge in [0, 0.05) is 0 Å². The molecule has 0 aliphatic heterocycles. The van der Waals surface area contributed by atoms with E-state index in [4.69, 9.17) is 16.5 Å². The molecule has 0 radical (unpaired) electrons. The van der Waals surface area contributed by atoms with Gasteiger partial charge in [-0.25, -0.2) is 9.63 Å². The largest absolute Gasteiger partial charge is 0.460 e. The zero-order chi connectivity index (χ0) is 11.3. The molecule has 0 heterocycles. The first-order chi connectivity index (χ1) is 7.05. The van der Waals surface area contributed by atoms with Gasteiger partial charge in [0.1, 0.15) is 6.61 Å². The molecule has 0 bridgehead atoms. The van der Waals surface area contributed by atoms with E-state index in [0.717, 1.165) is 0 Å². The van der Waals surface area contributed by atoms with Crippen molar-refractivity contribution in [3.63, 3.8) is 0 Å². The standard InChI is InChI=1S/C11H14ClNO2/c1-11(2,13-12)8-15-10(14)9-6-4-3-5-7-9/h3-7,13H,8H2,1-2H3. The molecule has 1 aromatic carbocycles. The van der Waals surface area contributed by atoms with Crippen molar-refractivity contribution in [2.24, 2.45) is 0 Å². The van der Waals surface area contributed by atoms with Gasteiger partial charge >= 0.3 is 5.97 Å². The number of carbonyl (C=O) groups is 1. The van der Waals surface area contributed by atoms with Crippen LogP contribution < -0.4 is 4.84 Å². The number of ether oxygens (including phenoxy) is 1. The molecule has 1 rings (SSSR count). The van der Waals surface area contributed by atoms with E-state index < -0.39 is 5.54 Å². The minimum Gasteiger partial charge on any atom is -0.460 e. The third-order valence-corrected chi connectivity index (χ3v) is 2.34. The van der Waals surface area contributed by atoms with Crippen molar-refractivity contribution in [2.45, 2.75) is 19.4 Å². The van der Waals surface area contributed by atoms with Gasteiger partial charge in [0.25, 0.3) is 0 Å². The number of hydrogen-bond acceptors (Lipinski definition) is 3. The van der Waals surface area contributed by atoms with Crippen LogP contribution in [0.5, 0.6) is 0 Å². The van der Waals surface area contributed by atoms with Crippen LogP contribution in [0.3, 0.4) is 0 Å². The van der Waals surface area contributed by atoms with Crippen LogP contribution in [0.1, 0.15) is 24.2 Å². The number of halogens is 1. The number of carbonyl (C=O) groups excluding carboxylic acids is 1. The molecular weight excluding hydrogens is 214 g/mol. The Morgan fingerprint density at radius 3 is 2.53 bits per heavy atom. The van der Waals surface area contributed by atoms with E-state index in [9.17, 15) is 4.79 Å². The summed E-state index contributed by atoms with van der Waals surface area (Å²) in [4.78, 5) is 14.1. The van der Waals surface area contributed by atoms with Crippen LogP contribution in [0, 0.1) is 0 Å². The first kappa shape index (κ1) is 12.0. The highest BCUT2D eigenvalue weighted by Crippen LogP contribution is 2.07. The lowest BCUT2D eigenvalue weighted by Gasteiger charge is -2.21. The molecule has 0 saturated carbocycles. The number of benzene rings is 1. The Morgan fingerprint density at radius 1 is 1.40 bits per heavy atom. The van der Waals surface area contributed by atoms with Gasteiger partial charge in [-0.3, -0.25) is 0 Å². The van der Waals surface area contributed by atoms with Gasteiger partial charge in [-0.15, -0.1) is 0 Å². The summed E-state index contributed by atoms with van der Waals surface area (Å²) in [6, 6.07) is 8.86. The second-order valence-corrected chi connectivity index (χ2v) is 4.11. The van der Waals surface area contributed by atoms with Crippen molar-refractivity contribution in [3.8, 4) is 0 Å². The van der Waals surface area contributed by atoms with E-state index in [1.54, 1.807) is 24.3 Å². The molecule has 0 spiro atoms. The van der Waals surface area contributed by atoms with Crippen LogP contribution in [0.25, 0.3) is 0 Å². The lowest BCUT2D eigenvalue weighted by atomic mass is 10.1. The Kier molecular flexibility index (Phi) is 4.12. The van der Waals surface area contributed by atoms with Crippen molar-refractivity contribution in [1.29, 1.82) is 0 Å². The van der Waals surface area contributed by atoms with E-state index in [1.165, 1.54) is 0 Å². The van der Waals surface area contributed by atoms with Gasteiger partial charge in [-0.1, -0.05) is 18.2 Å². The summed E-state index contributed by atoms with van der Waals surface area (Å²) in [5.41, 5.74) is 0.120. The summed E-state index contributed by atoms with van der Waals surface area (Å²) in [6.07, 6.45) is 0. The lowest BCUT2D eigenvalue weighted by molar-refractivity contribution is 0.0421. The number of nitrogens with one attached hydrogen (secondary N) is 1. The summed E-state index contributed by atoms with van der Waals surface area (Å²) in [7, 11) is 0. The molecule has 82 valence electrons. The Bertz CT molecular complexity index is 325. The second kappa shape index (κ2) is 5.14. The minimum atomic E-state index is -0.425. The average Bonchev–Trinajstić information content (AvgIpc) is 2.27. The highest BCUT2D eigenvalue weighted by Gasteiger charge is 2.19. The number of hydrogen-bond donors (Lipinski definition) is 1. The first-order valence-corrected chi connectivity index (χ1v) is 5.03. The third-order valence-electron chi connectivity index (χ3n) is 1.83. The molecule has 0 saturated heterocycles. The summed E-state index contributed by atoms with van der Waals surface area (Å²) in [5, 5.41) is 0. The Morgan fingerprint density at radius 2 is 2.00 bits per heavy atom. The zero-order valence-corrected chi connectivity index (χ0v) is 9.54. The van der Waals surface area contributed by atoms with Gasteiger partial charge < -0.3 is 4.74 Å². The molecule has 15 heavy (non-hydrogen) atoms. The Hall–Kier alpha value is -1.06. The average molecular weight is 228 g/mol. The smallest absolute Gasteiger partial charge is 0.338 e. The quantitative estimate of drug-likeness (QED) is 0.634. The molecule has 1 N–H and O–H groups in total. The molecule has 1 aromatic rings. The predicted octanol–water partition coefficient (Wildman–Crippen LogP) is 2.37. The second-order valence-electron chi connectivity index (χ2n) is 3.92. The summed E-state index contributed by atoms with van der Waals surface area (Å²) in [6.45, 7) is 3.92. The van der Waals surface area contributed by atoms with Gasteiger partial charge in [0.15, 0.2) is 0 Å². The van der Waals surface area contributed by atoms with Crippen LogP contribution in [-0.2, 0) is 4.74 Å². The molecule has 0 aromatic heterocycles. The summed E-state index contributed by atoms with van der Waals surface area (Å²) >= 11 is 5.48. The maximum absolute atomic E-state index is 11.5. The Labute approximate surface area is 94.5 Å². The first-order valence-electron chi connectivity index (χ1n) is 4.65. The summed E-state index contributed by atoms with van der Waals surface area (Å²) < 4.78 is 5.10.